The number of fused-ring (bicyclic) bond motifs is 1. The summed E-state index contributed by atoms with van der Waals surface area (Å²) >= 11 is 0. The lowest BCUT2D eigenvalue weighted by Crippen LogP contribution is -2.13. The zero-order valence-corrected chi connectivity index (χ0v) is 10.9. The largest absolute Gasteiger partial charge is 0.480 e. The average molecular weight is 281 g/mol. The molecule has 1 aromatic carbocycles. The van der Waals surface area contributed by atoms with Gasteiger partial charge in [0.25, 0.3) is 0 Å². The van der Waals surface area contributed by atoms with Crippen molar-refractivity contribution in [2.75, 3.05) is 13.2 Å². The van der Waals surface area contributed by atoms with Gasteiger partial charge in [-0.05, 0) is 24.6 Å². The predicted octanol–water partition coefficient (Wildman–Crippen LogP) is 0.749. The second kappa shape index (κ2) is 5.89. The fourth-order valence-electron chi connectivity index (χ4n) is 1.94. The summed E-state index contributed by atoms with van der Waals surface area (Å²) in [7, 11) is 0. The highest BCUT2D eigenvalue weighted by Crippen LogP contribution is 2.20. The van der Waals surface area contributed by atoms with Crippen LogP contribution in [0, 0.1) is 0 Å². The Bertz CT molecular complexity index is 671. The number of carboxylic acids is 1. The lowest BCUT2D eigenvalue weighted by molar-refractivity contribution is -0.143. The van der Waals surface area contributed by atoms with E-state index in [-0.39, 0.29) is 6.61 Å². The fourth-order valence-corrected chi connectivity index (χ4v) is 1.94. The summed E-state index contributed by atoms with van der Waals surface area (Å²) in [5.41, 5.74) is 1.53. The second-order valence-electron chi connectivity index (χ2n) is 4.26. The molecule has 0 bridgehead atoms. The summed E-state index contributed by atoms with van der Waals surface area (Å²) in [6.07, 6.45) is -0.978. The smallest absolute Gasteiger partial charge is 0.419 e. The van der Waals surface area contributed by atoms with E-state index in [1.54, 1.807) is 18.2 Å². The molecular weight excluding hydrogens is 266 g/mol. The summed E-state index contributed by atoms with van der Waals surface area (Å²) in [5, 5.41) is 18.3. The lowest BCUT2D eigenvalue weighted by atomic mass is 10.1. The minimum Gasteiger partial charge on any atom is -0.480 e. The Labute approximate surface area is 114 Å². The van der Waals surface area contributed by atoms with Crippen LogP contribution in [0.25, 0.3) is 11.1 Å². The molecule has 1 heterocycles. The summed E-state index contributed by atoms with van der Waals surface area (Å²) in [6, 6.07) is 4.88. The molecule has 108 valence electrons. The van der Waals surface area contributed by atoms with Crippen LogP contribution in [0.15, 0.2) is 27.4 Å². The molecule has 2 aromatic rings. The van der Waals surface area contributed by atoms with Gasteiger partial charge in [-0.2, -0.15) is 0 Å². The first-order chi connectivity index (χ1) is 9.52. The molecule has 0 saturated heterocycles. The Balaban J connectivity index is 2.19. The quantitative estimate of drug-likeness (QED) is 0.810. The molecule has 1 atom stereocenters. The van der Waals surface area contributed by atoms with E-state index < -0.39 is 24.4 Å². The summed E-state index contributed by atoms with van der Waals surface area (Å²) in [4.78, 5) is 21.8. The number of hydrogen-bond donors (Lipinski definition) is 2. The molecule has 0 fully saturated rings. The Kier molecular flexibility index (Phi) is 4.21. The molecule has 0 aliphatic carbocycles. The maximum atomic E-state index is 11.5. The minimum absolute atomic E-state index is 0.142. The van der Waals surface area contributed by atoms with Gasteiger partial charge in [-0.25, -0.2) is 9.59 Å². The molecule has 0 aliphatic heterocycles. The number of oxazole rings is 1. The third-order valence-electron chi connectivity index (χ3n) is 2.89. The van der Waals surface area contributed by atoms with E-state index in [1.807, 2.05) is 6.92 Å². The van der Waals surface area contributed by atoms with Crippen molar-refractivity contribution in [3.05, 3.63) is 34.3 Å². The van der Waals surface area contributed by atoms with Crippen LogP contribution in [0.4, 0.5) is 0 Å². The maximum Gasteiger partial charge on any atom is 0.419 e. The number of ether oxygens (including phenoxy) is 1. The number of aryl methyl sites for hydroxylation is 1. The first kappa shape index (κ1) is 14.3. The van der Waals surface area contributed by atoms with Gasteiger partial charge < -0.3 is 19.4 Å². The molecule has 2 rings (SSSR count). The SMILES string of the molecule is CCn1c(=O)oc2cc(C(O)COCC(=O)O)ccc21. The van der Waals surface area contributed by atoms with E-state index in [2.05, 4.69) is 0 Å². The van der Waals surface area contributed by atoms with E-state index in [1.165, 1.54) is 4.57 Å². The fraction of sp³-hybridized carbons (Fsp3) is 0.385. The molecule has 1 aromatic heterocycles. The van der Waals surface area contributed by atoms with Crippen molar-refractivity contribution in [2.24, 2.45) is 0 Å². The first-order valence-electron chi connectivity index (χ1n) is 6.13. The Morgan fingerprint density at radius 2 is 2.25 bits per heavy atom. The first-order valence-corrected chi connectivity index (χ1v) is 6.13. The van der Waals surface area contributed by atoms with E-state index >= 15 is 0 Å². The van der Waals surface area contributed by atoms with Crippen molar-refractivity contribution in [3.63, 3.8) is 0 Å². The van der Waals surface area contributed by atoms with Crippen molar-refractivity contribution >= 4 is 17.1 Å². The summed E-state index contributed by atoms with van der Waals surface area (Å²) in [6.45, 7) is 1.71. The number of aliphatic carboxylic acids is 1. The Morgan fingerprint density at radius 3 is 2.90 bits per heavy atom. The molecule has 0 spiro atoms. The van der Waals surface area contributed by atoms with E-state index in [0.717, 1.165) is 0 Å². The van der Waals surface area contributed by atoms with Crippen LogP contribution in [0.5, 0.6) is 0 Å². The number of carboxylic acid groups (broad SMARTS) is 1. The van der Waals surface area contributed by atoms with Crippen LogP contribution in [0.3, 0.4) is 0 Å². The number of rotatable bonds is 6. The Morgan fingerprint density at radius 1 is 1.50 bits per heavy atom. The topological polar surface area (TPSA) is 102 Å². The average Bonchev–Trinajstić information content (AvgIpc) is 2.72. The van der Waals surface area contributed by atoms with Gasteiger partial charge in [0.15, 0.2) is 5.58 Å². The van der Waals surface area contributed by atoms with Gasteiger partial charge in [0.1, 0.15) is 12.7 Å². The third-order valence-corrected chi connectivity index (χ3v) is 2.89. The molecule has 1 unspecified atom stereocenters. The molecule has 0 amide bonds. The highest BCUT2D eigenvalue weighted by Gasteiger charge is 2.13. The Hall–Kier alpha value is -2.12. The summed E-state index contributed by atoms with van der Waals surface area (Å²) < 4.78 is 11.4. The number of aliphatic hydroxyl groups is 1. The van der Waals surface area contributed by atoms with Crippen molar-refractivity contribution in [3.8, 4) is 0 Å². The van der Waals surface area contributed by atoms with Gasteiger partial charge in [0.2, 0.25) is 0 Å². The van der Waals surface area contributed by atoms with Crippen LogP contribution < -0.4 is 5.76 Å². The molecule has 0 saturated carbocycles. The maximum absolute atomic E-state index is 11.5. The van der Waals surface area contributed by atoms with Gasteiger partial charge >= 0.3 is 11.7 Å². The zero-order chi connectivity index (χ0) is 14.7. The van der Waals surface area contributed by atoms with Crippen molar-refractivity contribution in [1.29, 1.82) is 0 Å². The standard InChI is InChI=1S/C13H15NO6/c1-2-14-9-4-3-8(5-11(9)20-13(14)18)10(15)6-19-7-12(16)17/h3-5,10,15H,2,6-7H2,1H3,(H,16,17). The van der Waals surface area contributed by atoms with Crippen molar-refractivity contribution < 1.29 is 24.2 Å². The lowest BCUT2D eigenvalue weighted by Gasteiger charge is -2.10. The molecule has 2 N–H and O–H groups in total. The number of aromatic nitrogens is 1. The van der Waals surface area contributed by atoms with Gasteiger partial charge in [-0.3, -0.25) is 4.57 Å². The highest BCUT2D eigenvalue weighted by molar-refractivity contribution is 5.73. The molecule has 0 radical (unpaired) electrons. The predicted molar refractivity (Wildman–Crippen MR) is 69.6 cm³/mol. The van der Waals surface area contributed by atoms with Crippen LogP contribution in [0.2, 0.25) is 0 Å². The third kappa shape index (κ3) is 2.89. The van der Waals surface area contributed by atoms with Crippen molar-refractivity contribution in [2.45, 2.75) is 19.6 Å². The van der Waals surface area contributed by atoms with Crippen LogP contribution >= 0.6 is 0 Å². The molecule has 7 nitrogen and oxygen atoms in total. The van der Waals surface area contributed by atoms with Gasteiger partial charge in [0.05, 0.1) is 12.1 Å². The highest BCUT2D eigenvalue weighted by atomic mass is 16.5. The van der Waals surface area contributed by atoms with Gasteiger partial charge in [0, 0.05) is 6.54 Å². The number of nitrogens with zero attached hydrogens (tertiary/aromatic N) is 1. The van der Waals surface area contributed by atoms with Crippen molar-refractivity contribution in [1.82, 2.24) is 4.57 Å². The van der Waals surface area contributed by atoms with Gasteiger partial charge in [-0.15, -0.1) is 0 Å². The van der Waals surface area contributed by atoms with E-state index in [4.69, 9.17) is 14.3 Å². The van der Waals surface area contributed by atoms with Crippen LogP contribution in [-0.4, -0.2) is 34.0 Å². The number of benzene rings is 1. The monoisotopic (exact) mass is 281 g/mol. The second-order valence-corrected chi connectivity index (χ2v) is 4.26. The van der Waals surface area contributed by atoms with E-state index in [0.29, 0.717) is 23.2 Å². The molecular formula is C13H15NO6. The zero-order valence-electron chi connectivity index (χ0n) is 10.9. The van der Waals surface area contributed by atoms with E-state index in [9.17, 15) is 14.7 Å². The van der Waals surface area contributed by atoms with Crippen LogP contribution in [-0.2, 0) is 16.1 Å². The molecule has 0 aliphatic rings. The molecule has 7 heteroatoms. The number of hydrogen-bond acceptors (Lipinski definition) is 5. The number of aliphatic hydroxyl groups excluding tert-OH is 1. The minimum atomic E-state index is -1.10. The summed E-state index contributed by atoms with van der Waals surface area (Å²) in [5.74, 6) is -1.55. The van der Waals surface area contributed by atoms with Crippen LogP contribution in [0.1, 0.15) is 18.6 Å². The normalized spacial score (nSPS) is 12.7. The van der Waals surface area contributed by atoms with Gasteiger partial charge in [-0.1, -0.05) is 6.07 Å². The number of carbonyl (C=O) groups is 1. The molecule has 20 heavy (non-hydrogen) atoms.